The van der Waals surface area contributed by atoms with Crippen LogP contribution in [0, 0.1) is 3.57 Å². The topological polar surface area (TPSA) is 26.5 Å². The smallest absolute Gasteiger partial charge is 0.150 e. The molecule has 4 heteroatoms. The predicted octanol–water partition coefficient (Wildman–Crippen LogP) is 4.26. The van der Waals surface area contributed by atoms with Gasteiger partial charge in [-0.3, -0.25) is 0 Å². The van der Waals surface area contributed by atoms with Gasteiger partial charge in [0.15, 0.2) is 5.65 Å². The van der Waals surface area contributed by atoms with Crippen molar-refractivity contribution in [1.82, 2.24) is 9.38 Å². The van der Waals surface area contributed by atoms with Gasteiger partial charge in [-0.1, -0.05) is 12.7 Å². The number of methoxy groups -OCH3 is 1. The Hall–Kier alpha value is -1.82. The van der Waals surface area contributed by atoms with Crippen molar-refractivity contribution in [3.63, 3.8) is 0 Å². The van der Waals surface area contributed by atoms with Gasteiger partial charge in [0, 0.05) is 23.5 Å². The number of imidazole rings is 1. The molecule has 3 aromatic rings. The fourth-order valence-corrected chi connectivity index (χ4v) is 2.78. The van der Waals surface area contributed by atoms with E-state index in [2.05, 4.69) is 35.2 Å². The highest BCUT2D eigenvalue weighted by molar-refractivity contribution is 14.1. The number of halogens is 1. The normalized spacial score (nSPS) is 10.7. The maximum absolute atomic E-state index is 5.31. The molecule has 0 atom stereocenters. The molecule has 0 aliphatic rings. The number of ether oxygens (including phenoxy) is 1. The summed E-state index contributed by atoms with van der Waals surface area (Å²) in [5.41, 5.74) is 3.94. The van der Waals surface area contributed by atoms with E-state index in [0.717, 1.165) is 31.8 Å². The molecule has 0 fully saturated rings. The van der Waals surface area contributed by atoms with E-state index < -0.39 is 0 Å². The summed E-state index contributed by atoms with van der Waals surface area (Å²) in [6.07, 6.45) is 5.83. The Kier molecular flexibility index (Phi) is 3.48. The molecule has 2 heterocycles. The molecule has 2 aromatic heterocycles. The van der Waals surface area contributed by atoms with Crippen LogP contribution in [-0.2, 0) is 0 Å². The van der Waals surface area contributed by atoms with E-state index >= 15 is 0 Å². The van der Waals surface area contributed by atoms with Crippen LogP contribution in [0.1, 0.15) is 5.56 Å². The number of aromatic nitrogens is 2. The Morgan fingerprint density at radius 1 is 1.35 bits per heavy atom. The van der Waals surface area contributed by atoms with Crippen molar-refractivity contribution >= 4 is 34.3 Å². The van der Waals surface area contributed by atoms with Crippen LogP contribution in [0.4, 0.5) is 0 Å². The monoisotopic (exact) mass is 376 g/mol. The Morgan fingerprint density at radius 3 is 2.90 bits per heavy atom. The van der Waals surface area contributed by atoms with Gasteiger partial charge in [-0.05, 0) is 52.9 Å². The van der Waals surface area contributed by atoms with Crippen molar-refractivity contribution in [2.24, 2.45) is 0 Å². The van der Waals surface area contributed by atoms with Gasteiger partial charge in [-0.25, -0.2) is 4.98 Å². The fraction of sp³-hybridized carbons (Fsp3) is 0.0625. The standard InChI is InChI=1S/C16H13IN2O/c1-3-11-9-12(6-7-15(11)20-2)14-10-19-8-4-5-13(17)16(19)18-14/h3-10H,1H2,2H3. The number of pyridine rings is 1. The van der Waals surface area contributed by atoms with Gasteiger partial charge in [0.2, 0.25) is 0 Å². The fourth-order valence-electron chi connectivity index (χ4n) is 2.17. The highest BCUT2D eigenvalue weighted by Crippen LogP contribution is 2.27. The summed E-state index contributed by atoms with van der Waals surface area (Å²) >= 11 is 2.30. The molecular formula is C16H13IN2O. The Labute approximate surface area is 131 Å². The van der Waals surface area contributed by atoms with Gasteiger partial charge in [0.25, 0.3) is 0 Å². The number of rotatable bonds is 3. The SMILES string of the molecule is C=Cc1cc(-c2cn3cccc(I)c3n2)ccc1OC. The first-order chi connectivity index (χ1) is 9.72. The van der Waals surface area contributed by atoms with Crippen molar-refractivity contribution in [1.29, 1.82) is 0 Å². The second-order valence-corrected chi connectivity index (χ2v) is 5.54. The third kappa shape index (κ3) is 2.20. The second-order valence-electron chi connectivity index (χ2n) is 4.37. The van der Waals surface area contributed by atoms with Crippen LogP contribution >= 0.6 is 22.6 Å². The lowest BCUT2D eigenvalue weighted by Crippen LogP contribution is -1.88. The van der Waals surface area contributed by atoms with Crippen molar-refractivity contribution in [3.8, 4) is 17.0 Å². The zero-order chi connectivity index (χ0) is 14.1. The van der Waals surface area contributed by atoms with Crippen molar-refractivity contribution in [3.05, 3.63) is 58.4 Å². The molecule has 20 heavy (non-hydrogen) atoms. The first-order valence-corrected chi connectivity index (χ1v) is 7.25. The molecule has 3 rings (SSSR count). The maximum atomic E-state index is 5.31. The van der Waals surface area contributed by atoms with Gasteiger partial charge in [0.1, 0.15) is 5.75 Å². The minimum Gasteiger partial charge on any atom is -0.496 e. The van der Waals surface area contributed by atoms with Crippen LogP contribution in [0.25, 0.3) is 23.0 Å². The summed E-state index contributed by atoms with van der Waals surface area (Å²) in [6, 6.07) is 10.1. The summed E-state index contributed by atoms with van der Waals surface area (Å²) in [6.45, 7) is 3.82. The Bertz CT molecular complexity index is 792. The summed E-state index contributed by atoms with van der Waals surface area (Å²) in [7, 11) is 1.66. The molecule has 0 saturated carbocycles. The van der Waals surface area contributed by atoms with Crippen LogP contribution in [0.15, 0.2) is 49.3 Å². The van der Waals surface area contributed by atoms with Crippen LogP contribution in [0.2, 0.25) is 0 Å². The first kappa shape index (κ1) is 13.2. The molecule has 100 valence electrons. The quantitative estimate of drug-likeness (QED) is 0.639. The van der Waals surface area contributed by atoms with Gasteiger partial charge in [-0.2, -0.15) is 0 Å². The molecule has 1 aromatic carbocycles. The van der Waals surface area contributed by atoms with Crippen LogP contribution in [0.3, 0.4) is 0 Å². The molecule has 0 spiro atoms. The van der Waals surface area contributed by atoms with E-state index in [1.807, 2.05) is 41.1 Å². The second kappa shape index (κ2) is 5.28. The lowest BCUT2D eigenvalue weighted by atomic mass is 10.1. The molecule has 0 amide bonds. The van der Waals surface area contributed by atoms with Crippen molar-refractivity contribution < 1.29 is 4.74 Å². The van der Waals surface area contributed by atoms with Gasteiger partial charge >= 0.3 is 0 Å². The predicted molar refractivity (Wildman–Crippen MR) is 90.0 cm³/mol. The highest BCUT2D eigenvalue weighted by Gasteiger charge is 2.08. The third-order valence-electron chi connectivity index (χ3n) is 3.18. The number of hydrogen-bond acceptors (Lipinski definition) is 2. The zero-order valence-electron chi connectivity index (χ0n) is 11.0. The maximum Gasteiger partial charge on any atom is 0.150 e. The first-order valence-electron chi connectivity index (χ1n) is 6.17. The average molecular weight is 376 g/mol. The number of hydrogen-bond donors (Lipinski definition) is 0. The van der Waals surface area contributed by atoms with Gasteiger partial charge in [0.05, 0.1) is 16.4 Å². The minimum atomic E-state index is 0.821. The number of nitrogens with zero attached hydrogens (tertiary/aromatic N) is 2. The Morgan fingerprint density at radius 2 is 2.20 bits per heavy atom. The molecule has 0 N–H and O–H groups in total. The minimum absolute atomic E-state index is 0.821. The van der Waals surface area contributed by atoms with Gasteiger partial charge < -0.3 is 9.14 Å². The lowest BCUT2D eigenvalue weighted by Gasteiger charge is -2.06. The summed E-state index contributed by atoms with van der Waals surface area (Å²) in [5, 5.41) is 0. The summed E-state index contributed by atoms with van der Waals surface area (Å²) in [5.74, 6) is 0.821. The van der Waals surface area contributed by atoms with E-state index in [4.69, 9.17) is 9.72 Å². The number of fused-ring (bicyclic) bond motifs is 1. The zero-order valence-corrected chi connectivity index (χ0v) is 13.2. The van der Waals surface area contributed by atoms with E-state index in [0.29, 0.717) is 0 Å². The van der Waals surface area contributed by atoms with Crippen LogP contribution in [-0.4, -0.2) is 16.5 Å². The summed E-state index contributed by atoms with van der Waals surface area (Å²) in [4.78, 5) is 4.69. The molecule has 0 unspecified atom stereocenters. The summed E-state index contributed by atoms with van der Waals surface area (Å²) < 4.78 is 8.48. The molecule has 0 radical (unpaired) electrons. The van der Waals surface area contributed by atoms with Gasteiger partial charge in [-0.15, -0.1) is 0 Å². The van der Waals surface area contributed by atoms with Crippen LogP contribution < -0.4 is 4.74 Å². The Balaban J connectivity index is 2.15. The highest BCUT2D eigenvalue weighted by atomic mass is 127. The van der Waals surface area contributed by atoms with Crippen molar-refractivity contribution in [2.45, 2.75) is 0 Å². The molecule has 0 saturated heterocycles. The van der Waals surface area contributed by atoms with E-state index in [9.17, 15) is 0 Å². The molecule has 3 nitrogen and oxygen atoms in total. The third-order valence-corrected chi connectivity index (χ3v) is 4.02. The largest absolute Gasteiger partial charge is 0.496 e. The van der Waals surface area contributed by atoms with Crippen LogP contribution in [0.5, 0.6) is 5.75 Å². The molecular weight excluding hydrogens is 363 g/mol. The average Bonchev–Trinajstić information content (AvgIpc) is 2.92. The van der Waals surface area contributed by atoms with Crippen molar-refractivity contribution in [2.75, 3.05) is 7.11 Å². The van der Waals surface area contributed by atoms with E-state index in [1.165, 1.54) is 0 Å². The van der Waals surface area contributed by atoms with E-state index in [1.54, 1.807) is 13.2 Å². The molecule has 0 aliphatic heterocycles. The lowest BCUT2D eigenvalue weighted by molar-refractivity contribution is 0.414. The van der Waals surface area contributed by atoms with E-state index in [-0.39, 0.29) is 0 Å². The molecule has 0 bridgehead atoms. The molecule has 0 aliphatic carbocycles. The number of benzene rings is 1.